The molecule has 0 unspecified atom stereocenters. The lowest BCUT2D eigenvalue weighted by molar-refractivity contribution is -0.196. The van der Waals surface area contributed by atoms with Gasteiger partial charge in [-0.25, -0.2) is 4.79 Å². The smallest absolute Gasteiger partial charge is 0.348 e. The van der Waals surface area contributed by atoms with Crippen LogP contribution in [-0.2, 0) is 14.3 Å². The van der Waals surface area contributed by atoms with Crippen LogP contribution in [0.25, 0.3) is 0 Å². The molecule has 0 aliphatic rings. The Hall–Kier alpha value is -1.06. The SMILES string of the molecule is CC(C)C(C(=O)OC(C(=O)O)(C(C)C)C(C)C)C(C)C. The summed E-state index contributed by atoms with van der Waals surface area (Å²) in [5.74, 6) is -2.09. The molecule has 0 atom stereocenters. The number of rotatable bonds is 7. The van der Waals surface area contributed by atoms with Gasteiger partial charge in [0.2, 0.25) is 5.60 Å². The standard InChI is InChI=1S/C16H30O4/c1-9(2)13(10(3)4)14(17)20-16(11(5)6,12(7)8)15(18)19/h9-13H,1-8H3,(H,18,19). The molecule has 4 nitrogen and oxygen atoms in total. The lowest BCUT2D eigenvalue weighted by atomic mass is 9.79. The third-order valence-electron chi connectivity index (χ3n) is 4.03. The Morgan fingerprint density at radius 3 is 1.40 bits per heavy atom. The summed E-state index contributed by atoms with van der Waals surface area (Å²) >= 11 is 0. The van der Waals surface area contributed by atoms with E-state index in [9.17, 15) is 14.7 Å². The van der Waals surface area contributed by atoms with Crippen LogP contribution >= 0.6 is 0 Å². The maximum atomic E-state index is 12.5. The largest absolute Gasteiger partial charge is 0.478 e. The second-order valence-corrected chi connectivity index (χ2v) is 6.84. The number of hydrogen-bond acceptors (Lipinski definition) is 3. The quantitative estimate of drug-likeness (QED) is 0.726. The number of hydrogen-bond donors (Lipinski definition) is 1. The van der Waals surface area contributed by atoms with E-state index in [-0.39, 0.29) is 29.6 Å². The first-order valence-electron chi connectivity index (χ1n) is 7.44. The van der Waals surface area contributed by atoms with Crippen LogP contribution in [0, 0.1) is 29.6 Å². The Labute approximate surface area is 122 Å². The van der Waals surface area contributed by atoms with Crippen LogP contribution in [0.2, 0.25) is 0 Å². The van der Waals surface area contributed by atoms with Crippen molar-refractivity contribution in [1.29, 1.82) is 0 Å². The molecule has 0 aliphatic carbocycles. The molecule has 0 aromatic heterocycles. The van der Waals surface area contributed by atoms with Gasteiger partial charge < -0.3 is 9.84 Å². The van der Waals surface area contributed by atoms with Crippen LogP contribution < -0.4 is 0 Å². The van der Waals surface area contributed by atoms with Crippen LogP contribution in [-0.4, -0.2) is 22.6 Å². The molecule has 20 heavy (non-hydrogen) atoms. The molecule has 0 saturated carbocycles. The predicted molar refractivity (Wildman–Crippen MR) is 79.3 cm³/mol. The average molecular weight is 286 g/mol. The van der Waals surface area contributed by atoms with Crippen molar-refractivity contribution in [3.63, 3.8) is 0 Å². The lowest BCUT2D eigenvalue weighted by Gasteiger charge is -2.38. The van der Waals surface area contributed by atoms with Gasteiger partial charge in [-0.3, -0.25) is 4.79 Å². The van der Waals surface area contributed by atoms with E-state index in [1.54, 1.807) is 27.7 Å². The van der Waals surface area contributed by atoms with Crippen molar-refractivity contribution in [3.8, 4) is 0 Å². The normalized spacial score (nSPS) is 12.8. The summed E-state index contributed by atoms with van der Waals surface area (Å²) in [5.41, 5.74) is -1.46. The maximum Gasteiger partial charge on any atom is 0.348 e. The van der Waals surface area contributed by atoms with Crippen LogP contribution in [0.4, 0.5) is 0 Å². The molecular weight excluding hydrogens is 256 g/mol. The molecule has 4 heteroatoms. The van der Waals surface area contributed by atoms with E-state index in [1.165, 1.54) is 0 Å². The molecule has 0 fully saturated rings. The van der Waals surface area contributed by atoms with Crippen molar-refractivity contribution >= 4 is 11.9 Å². The molecule has 0 aliphatic heterocycles. The summed E-state index contributed by atoms with van der Waals surface area (Å²) in [6, 6.07) is 0. The summed E-state index contributed by atoms with van der Waals surface area (Å²) in [4.78, 5) is 24.2. The van der Waals surface area contributed by atoms with Crippen LogP contribution in [0.5, 0.6) is 0 Å². The Balaban J connectivity index is 5.48. The van der Waals surface area contributed by atoms with Crippen molar-refractivity contribution < 1.29 is 19.4 Å². The topological polar surface area (TPSA) is 63.6 Å². The van der Waals surface area contributed by atoms with Crippen molar-refractivity contribution in [2.45, 2.75) is 61.0 Å². The molecule has 0 aromatic carbocycles. The lowest BCUT2D eigenvalue weighted by Crippen LogP contribution is -2.53. The van der Waals surface area contributed by atoms with Gasteiger partial charge in [-0.15, -0.1) is 0 Å². The van der Waals surface area contributed by atoms with Gasteiger partial charge in [0.25, 0.3) is 0 Å². The van der Waals surface area contributed by atoms with Gasteiger partial charge >= 0.3 is 11.9 Å². The van der Waals surface area contributed by atoms with E-state index < -0.39 is 17.5 Å². The zero-order valence-corrected chi connectivity index (χ0v) is 14.1. The maximum absolute atomic E-state index is 12.5. The fraction of sp³-hybridized carbons (Fsp3) is 0.875. The monoisotopic (exact) mass is 286 g/mol. The Morgan fingerprint density at radius 2 is 1.20 bits per heavy atom. The van der Waals surface area contributed by atoms with Gasteiger partial charge in [-0.05, 0) is 11.8 Å². The molecule has 0 rings (SSSR count). The fourth-order valence-electron chi connectivity index (χ4n) is 2.99. The zero-order valence-electron chi connectivity index (χ0n) is 14.1. The van der Waals surface area contributed by atoms with E-state index in [4.69, 9.17) is 4.74 Å². The number of carbonyl (C=O) groups excluding carboxylic acids is 1. The van der Waals surface area contributed by atoms with E-state index in [0.29, 0.717) is 0 Å². The molecule has 0 bridgehead atoms. The zero-order chi connectivity index (χ0) is 16.2. The molecular formula is C16H30O4. The highest BCUT2D eigenvalue weighted by Gasteiger charge is 2.49. The molecule has 0 saturated heterocycles. The summed E-state index contributed by atoms with van der Waals surface area (Å²) in [6.07, 6.45) is 0. The number of aliphatic carboxylic acids is 1. The Kier molecular flexibility index (Phi) is 6.72. The third kappa shape index (κ3) is 3.74. The van der Waals surface area contributed by atoms with Crippen molar-refractivity contribution in [2.24, 2.45) is 29.6 Å². The highest BCUT2D eigenvalue weighted by Crippen LogP contribution is 2.34. The molecule has 118 valence electrons. The predicted octanol–water partition coefficient (Wildman–Crippen LogP) is 3.59. The number of carboxylic acid groups (broad SMARTS) is 1. The molecule has 0 radical (unpaired) electrons. The van der Waals surface area contributed by atoms with Crippen molar-refractivity contribution in [3.05, 3.63) is 0 Å². The summed E-state index contributed by atoms with van der Waals surface area (Å²) in [5, 5.41) is 9.60. The van der Waals surface area contributed by atoms with E-state index >= 15 is 0 Å². The second-order valence-electron chi connectivity index (χ2n) is 6.84. The van der Waals surface area contributed by atoms with Crippen LogP contribution in [0.15, 0.2) is 0 Å². The van der Waals surface area contributed by atoms with Gasteiger partial charge in [0.1, 0.15) is 0 Å². The minimum atomic E-state index is -1.46. The second kappa shape index (κ2) is 7.09. The molecule has 1 N–H and O–H groups in total. The Morgan fingerprint density at radius 1 is 0.850 bits per heavy atom. The van der Waals surface area contributed by atoms with Crippen LogP contribution in [0.3, 0.4) is 0 Å². The van der Waals surface area contributed by atoms with Crippen molar-refractivity contribution in [2.75, 3.05) is 0 Å². The summed E-state index contributed by atoms with van der Waals surface area (Å²) < 4.78 is 5.57. The van der Waals surface area contributed by atoms with Gasteiger partial charge in [-0.1, -0.05) is 55.4 Å². The average Bonchev–Trinajstić information content (AvgIpc) is 2.22. The first kappa shape index (κ1) is 18.9. The minimum absolute atomic E-state index is 0.119. The number of carbonyl (C=O) groups is 2. The van der Waals surface area contributed by atoms with Gasteiger partial charge in [0.05, 0.1) is 5.92 Å². The van der Waals surface area contributed by atoms with E-state index in [2.05, 4.69) is 0 Å². The number of carboxylic acids is 1. The highest BCUT2D eigenvalue weighted by atomic mass is 16.6. The van der Waals surface area contributed by atoms with Gasteiger partial charge in [0, 0.05) is 11.8 Å². The number of ether oxygens (including phenoxy) is 1. The molecule has 0 spiro atoms. The first-order valence-corrected chi connectivity index (χ1v) is 7.44. The first-order chi connectivity index (χ1) is 8.98. The van der Waals surface area contributed by atoms with Crippen LogP contribution in [0.1, 0.15) is 55.4 Å². The van der Waals surface area contributed by atoms with Gasteiger partial charge in [0.15, 0.2) is 0 Å². The van der Waals surface area contributed by atoms with Crippen molar-refractivity contribution in [1.82, 2.24) is 0 Å². The van der Waals surface area contributed by atoms with E-state index in [1.807, 2.05) is 27.7 Å². The molecule has 0 heterocycles. The molecule has 0 aromatic rings. The highest BCUT2D eigenvalue weighted by molar-refractivity contribution is 5.83. The van der Waals surface area contributed by atoms with Gasteiger partial charge in [-0.2, -0.15) is 0 Å². The minimum Gasteiger partial charge on any atom is -0.478 e. The number of esters is 1. The summed E-state index contributed by atoms with van der Waals surface area (Å²) in [6.45, 7) is 14.9. The Bertz CT molecular complexity index is 326. The van der Waals surface area contributed by atoms with E-state index in [0.717, 1.165) is 0 Å². The fourth-order valence-corrected chi connectivity index (χ4v) is 2.99. The molecule has 0 amide bonds. The summed E-state index contributed by atoms with van der Waals surface area (Å²) in [7, 11) is 0. The third-order valence-corrected chi connectivity index (χ3v) is 4.03.